The van der Waals surface area contributed by atoms with Crippen molar-refractivity contribution in [2.24, 2.45) is 0 Å². The number of aromatic nitrogens is 1. The summed E-state index contributed by atoms with van der Waals surface area (Å²) in [5, 5.41) is 18.7. The van der Waals surface area contributed by atoms with Gasteiger partial charge in [0.15, 0.2) is 5.69 Å². The first-order chi connectivity index (χ1) is 8.61. The molecule has 1 aromatic rings. The molecule has 0 saturated carbocycles. The van der Waals surface area contributed by atoms with Crippen LogP contribution in [0.1, 0.15) is 29.8 Å². The normalized spacial score (nSPS) is 19.6. The number of carboxylic acids is 1. The van der Waals surface area contributed by atoms with Crippen LogP contribution in [0.3, 0.4) is 0 Å². The summed E-state index contributed by atoms with van der Waals surface area (Å²) >= 11 is 0. The maximum absolute atomic E-state index is 12.2. The fourth-order valence-electron chi connectivity index (χ4n) is 2.13. The van der Waals surface area contributed by atoms with E-state index in [1.54, 1.807) is 0 Å². The second kappa shape index (κ2) is 5.03. The van der Waals surface area contributed by atoms with Crippen molar-refractivity contribution in [3.63, 3.8) is 0 Å². The van der Waals surface area contributed by atoms with E-state index in [1.807, 2.05) is 0 Å². The summed E-state index contributed by atoms with van der Waals surface area (Å²) in [6, 6.07) is 2.05. The average molecular weight is 250 g/mol. The number of hydrogen-bond donors (Lipinski definition) is 2. The molecule has 96 valence electrons. The van der Waals surface area contributed by atoms with Gasteiger partial charge >= 0.3 is 5.97 Å². The third-order valence-electron chi connectivity index (χ3n) is 3.04. The zero-order valence-corrected chi connectivity index (χ0v) is 9.74. The molecule has 1 fully saturated rings. The zero-order valence-electron chi connectivity index (χ0n) is 9.74. The number of nitrogens with zero attached hydrogens (tertiary/aromatic N) is 2. The molecule has 0 aliphatic carbocycles. The SMILES string of the molecule is O=C(O)[C@H]1CCCCN1C(=O)c1ncccc1O. The number of hydrogen-bond acceptors (Lipinski definition) is 4. The molecule has 0 radical (unpaired) electrons. The quantitative estimate of drug-likeness (QED) is 0.812. The summed E-state index contributed by atoms with van der Waals surface area (Å²) in [7, 11) is 0. The van der Waals surface area contributed by atoms with Crippen LogP contribution in [-0.2, 0) is 4.79 Å². The highest BCUT2D eigenvalue weighted by molar-refractivity contribution is 5.97. The number of aliphatic carboxylic acids is 1. The summed E-state index contributed by atoms with van der Waals surface area (Å²) in [5.41, 5.74) is -0.0920. The third kappa shape index (κ3) is 2.27. The lowest BCUT2D eigenvalue weighted by molar-refractivity contribution is -0.143. The molecule has 1 aromatic heterocycles. The lowest BCUT2D eigenvalue weighted by Crippen LogP contribution is -2.48. The van der Waals surface area contributed by atoms with E-state index in [-0.39, 0.29) is 11.4 Å². The predicted molar refractivity (Wildman–Crippen MR) is 62.2 cm³/mol. The summed E-state index contributed by atoms with van der Waals surface area (Å²) in [4.78, 5) is 28.4. The molecule has 0 unspecified atom stereocenters. The molecule has 0 spiro atoms. The summed E-state index contributed by atoms with van der Waals surface area (Å²) < 4.78 is 0. The molecule has 2 heterocycles. The summed E-state index contributed by atoms with van der Waals surface area (Å²) in [6.07, 6.45) is 3.39. The lowest BCUT2D eigenvalue weighted by atomic mass is 10.0. The van der Waals surface area contributed by atoms with Gasteiger partial charge in [0.2, 0.25) is 0 Å². The van der Waals surface area contributed by atoms with Crippen molar-refractivity contribution >= 4 is 11.9 Å². The van der Waals surface area contributed by atoms with Crippen LogP contribution in [0.15, 0.2) is 18.3 Å². The van der Waals surface area contributed by atoms with Gasteiger partial charge in [0.25, 0.3) is 5.91 Å². The fraction of sp³-hybridized carbons (Fsp3) is 0.417. The van der Waals surface area contributed by atoms with E-state index in [0.29, 0.717) is 13.0 Å². The van der Waals surface area contributed by atoms with Gasteiger partial charge in [0, 0.05) is 12.7 Å². The molecule has 0 aromatic carbocycles. The Morgan fingerprint density at radius 3 is 2.83 bits per heavy atom. The second-order valence-corrected chi connectivity index (χ2v) is 4.22. The molecule has 1 atom stereocenters. The first-order valence-corrected chi connectivity index (χ1v) is 5.79. The summed E-state index contributed by atoms with van der Waals surface area (Å²) in [5.74, 6) is -1.77. The Morgan fingerprint density at radius 2 is 2.17 bits per heavy atom. The minimum absolute atomic E-state index is 0.0920. The number of likely N-dealkylation sites (tertiary alicyclic amines) is 1. The van der Waals surface area contributed by atoms with Crippen LogP contribution in [0.4, 0.5) is 0 Å². The first kappa shape index (κ1) is 12.3. The van der Waals surface area contributed by atoms with Gasteiger partial charge in [-0.3, -0.25) is 4.79 Å². The van der Waals surface area contributed by atoms with E-state index in [0.717, 1.165) is 12.8 Å². The van der Waals surface area contributed by atoms with Crippen molar-refractivity contribution in [2.75, 3.05) is 6.54 Å². The molecular weight excluding hydrogens is 236 g/mol. The molecule has 2 N–H and O–H groups in total. The number of carboxylic acid groups (broad SMARTS) is 1. The Hall–Kier alpha value is -2.11. The summed E-state index contributed by atoms with van der Waals surface area (Å²) in [6.45, 7) is 0.381. The number of carbonyl (C=O) groups excluding carboxylic acids is 1. The number of rotatable bonds is 2. The van der Waals surface area contributed by atoms with Crippen LogP contribution in [0.2, 0.25) is 0 Å². The molecule has 6 nitrogen and oxygen atoms in total. The molecule has 1 amide bonds. The highest BCUT2D eigenvalue weighted by atomic mass is 16.4. The number of piperidine rings is 1. The van der Waals surface area contributed by atoms with Crippen molar-refractivity contribution in [2.45, 2.75) is 25.3 Å². The van der Waals surface area contributed by atoms with Gasteiger partial charge in [-0.15, -0.1) is 0 Å². The van der Waals surface area contributed by atoms with Crippen LogP contribution >= 0.6 is 0 Å². The molecular formula is C12H14N2O4. The standard InChI is InChI=1S/C12H14N2O4/c15-9-5-3-6-13-10(9)11(16)14-7-2-1-4-8(14)12(17)18/h3,5-6,8,15H,1-2,4,7H2,(H,17,18)/t8-/m1/s1. The molecule has 0 bridgehead atoms. The van der Waals surface area contributed by atoms with Crippen molar-refractivity contribution in [1.29, 1.82) is 0 Å². The van der Waals surface area contributed by atoms with Gasteiger partial charge in [-0.25, -0.2) is 9.78 Å². The number of aromatic hydroxyl groups is 1. The lowest BCUT2D eigenvalue weighted by Gasteiger charge is -2.32. The molecule has 1 aliphatic rings. The van der Waals surface area contributed by atoms with Crippen molar-refractivity contribution in [1.82, 2.24) is 9.88 Å². The molecule has 1 aliphatic heterocycles. The molecule has 6 heteroatoms. The maximum atomic E-state index is 12.2. The van der Waals surface area contributed by atoms with E-state index in [1.165, 1.54) is 23.2 Å². The minimum Gasteiger partial charge on any atom is -0.505 e. The minimum atomic E-state index is -1.02. The fourth-order valence-corrected chi connectivity index (χ4v) is 2.13. The van der Waals surface area contributed by atoms with Crippen molar-refractivity contribution in [3.05, 3.63) is 24.0 Å². The van der Waals surface area contributed by atoms with Gasteiger partial charge < -0.3 is 15.1 Å². The second-order valence-electron chi connectivity index (χ2n) is 4.22. The van der Waals surface area contributed by atoms with Gasteiger partial charge in [0.05, 0.1) is 0 Å². The Kier molecular flexibility index (Phi) is 3.45. The Bertz CT molecular complexity index is 475. The van der Waals surface area contributed by atoms with Crippen LogP contribution in [0.25, 0.3) is 0 Å². The first-order valence-electron chi connectivity index (χ1n) is 5.79. The van der Waals surface area contributed by atoms with Crippen molar-refractivity contribution < 1.29 is 19.8 Å². The zero-order chi connectivity index (χ0) is 13.1. The third-order valence-corrected chi connectivity index (χ3v) is 3.04. The van der Waals surface area contributed by atoms with E-state index in [9.17, 15) is 14.7 Å². The number of pyridine rings is 1. The van der Waals surface area contributed by atoms with E-state index >= 15 is 0 Å². The Balaban J connectivity index is 2.27. The molecule has 18 heavy (non-hydrogen) atoms. The van der Waals surface area contributed by atoms with E-state index in [2.05, 4.69) is 4.98 Å². The van der Waals surface area contributed by atoms with Gasteiger partial charge in [0.1, 0.15) is 11.8 Å². The highest BCUT2D eigenvalue weighted by Gasteiger charge is 2.33. The molecule has 2 rings (SSSR count). The highest BCUT2D eigenvalue weighted by Crippen LogP contribution is 2.22. The van der Waals surface area contributed by atoms with Crippen LogP contribution < -0.4 is 0 Å². The van der Waals surface area contributed by atoms with Crippen LogP contribution in [0, 0.1) is 0 Å². The number of amides is 1. The average Bonchev–Trinajstić information content (AvgIpc) is 2.38. The van der Waals surface area contributed by atoms with Gasteiger partial charge in [-0.05, 0) is 31.4 Å². The van der Waals surface area contributed by atoms with Crippen molar-refractivity contribution in [3.8, 4) is 5.75 Å². The topological polar surface area (TPSA) is 90.7 Å². The Morgan fingerprint density at radius 1 is 1.39 bits per heavy atom. The van der Waals surface area contributed by atoms with E-state index in [4.69, 9.17) is 5.11 Å². The van der Waals surface area contributed by atoms with E-state index < -0.39 is 17.9 Å². The van der Waals surface area contributed by atoms with Crippen LogP contribution in [-0.4, -0.2) is 44.6 Å². The smallest absolute Gasteiger partial charge is 0.326 e. The van der Waals surface area contributed by atoms with Gasteiger partial charge in [-0.2, -0.15) is 0 Å². The van der Waals surface area contributed by atoms with Gasteiger partial charge in [-0.1, -0.05) is 0 Å². The van der Waals surface area contributed by atoms with Crippen LogP contribution in [0.5, 0.6) is 5.75 Å². The maximum Gasteiger partial charge on any atom is 0.326 e. The monoisotopic (exact) mass is 250 g/mol. The molecule has 1 saturated heterocycles. The number of carbonyl (C=O) groups is 2. The Labute approximate surface area is 104 Å². The predicted octanol–water partition coefficient (Wildman–Crippen LogP) is 0.866. The largest absolute Gasteiger partial charge is 0.505 e.